The number of esters is 1. The van der Waals surface area contributed by atoms with Gasteiger partial charge in [-0.05, 0) is 12.8 Å². The Hall–Kier alpha value is -0.530. The molecule has 1 heterocycles. The molecule has 0 aromatic heterocycles. The highest BCUT2D eigenvalue weighted by Crippen LogP contribution is 2.26. The molecule has 1 rings (SSSR count). The summed E-state index contributed by atoms with van der Waals surface area (Å²) in [5.74, 6) is 0.469. The van der Waals surface area contributed by atoms with Crippen LogP contribution in [0, 0.1) is 5.92 Å². The molecule has 2 nitrogen and oxygen atoms in total. The van der Waals surface area contributed by atoms with Crippen LogP contribution < -0.4 is 0 Å². The summed E-state index contributed by atoms with van der Waals surface area (Å²) in [5, 5.41) is 0. The lowest BCUT2D eigenvalue weighted by Gasteiger charge is -2.12. The molecule has 0 saturated carbocycles. The fourth-order valence-electron chi connectivity index (χ4n) is 1.48. The average Bonchev–Trinajstić information content (AvgIpc) is 2.30. The topological polar surface area (TPSA) is 26.3 Å². The van der Waals surface area contributed by atoms with Crippen molar-refractivity contribution in [2.75, 3.05) is 0 Å². The maximum absolute atomic E-state index is 10.8. The zero-order valence-corrected chi connectivity index (χ0v) is 6.59. The van der Waals surface area contributed by atoms with Gasteiger partial charge in [-0.25, -0.2) is 0 Å². The molecule has 58 valence electrons. The summed E-state index contributed by atoms with van der Waals surface area (Å²) in [4.78, 5) is 10.8. The Kier molecular flexibility index (Phi) is 2.30. The van der Waals surface area contributed by atoms with E-state index in [1.54, 1.807) is 0 Å². The molecule has 0 radical (unpaired) electrons. The lowest BCUT2D eigenvalue weighted by molar-refractivity contribution is -0.141. The first-order valence-corrected chi connectivity index (χ1v) is 3.97. The minimum absolute atomic E-state index is 0.0151. The largest absolute Gasteiger partial charge is 0.462 e. The van der Waals surface area contributed by atoms with Crippen LogP contribution in [0.3, 0.4) is 0 Å². The molecule has 0 spiro atoms. The Labute approximate surface area is 61.6 Å². The Morgan fingerprint density at radius 2 is 2.20 bits per heavy atom. The molecule has 2 atom stereocenters. The summed E-state index contributed by atoms with van der Waals surface area (Å²) in [7, 11) is 0. The molecular formula is C8H14O2. The molecule has 1 fully saturated rings. The van der Waals surface area contributed by atoms with Crippen molar-refractivity contribution in [1.29, 1.82) is 0 Å². The van der Waals surface area contributed by atoms with Crippen LogP contribution in [0.5, 0.6) is 0 Å². The Balaban J connectivity index is 2.48. The van der Waals surface area contributed by atoms with Crippen molar-refractivity contribution in [2.45, 2.75) is 39.2 Å². The van der Waals surface area contributed by atoms with Gasteiger partial charge in [0.25, 0.3) is 0 Å². The number of cyclic esters (lactones) is 1. The van der Waals surface area contributed by atoms with E-state index < -0.39 is 0 Å². The zero-order chi connectivity index (χ0) is 7.56. The van der Waals surface area contributed by atoms with Crippen LogP contribution in [-0.2, 0) is 9.53 Å². The van der Waals surface area contributed by atoms with Crippen molar-refractivity contribution >= 4 is 5.97 Å². The first-order chi connectivity index (χ1) is 4.77. The maximum Gasteiger partial charge on any atom is 0.306 e. The number of carbonyl (C=O) groups is 1. The molecule has 0 bridgehead atoms. The zero-order valence-electron chi connectivity index (χ0n) is 6.59. The van der Waals surface area contributed by atoms with Gasteiger partial charge in [-0.3, -0.25) is 4.79 Å². The highest BCUT2D eigenvalue weighted by atomic mass is 16.5. The van der Waals surface area contributed by atoms with Gasteiger partial charge >= 0.3 is 5.97 Å². The minimum atomic E-state index is -0.0151. The van der Waals surface area contributed by atoms with Crippen molar-refractivity contribution in [1.82, 2.24) is 0 Å². The lowest BCUT2D eigenvalue weighted by atomic mass is 9.97. The van der Waals surface area contributed by atoms with Crippen LogP contribution in [0.1, 0.15) is 33.1 Å². The van der Waals surface area contributed by atoms with Crippen LogP contribution in [0.15, 0.2) is 0 Å². The fraction of sp³-hybridized carbons (Fsp3) is 0.875. The SMILES string of the molecule is CC[C@@H]1CC(=O)O[C@@H]1CC. The molecular weight excluding hydrogens is 128 g/mol. The molecule has 10 heavy (non-hydrogen) atoms. The van der Waals surface area contributed by atoms with Crippen molar-refractivity contribution in [2.24, 2.45) is 5.92 Å². The van der Waals surface area contributed by atoms with Gasteiger partial charge in [0.2, 0.25) is 0 Å². The smallest absolute Gasteiger partial charge is 0.306 e. The molecule has 0 amide bonds. The second kappa shape index (κ2) is 3.04. The number of rotatable bonds is 2. The van der Waals surface area contributed by atoms with Gasteiger partial charge in [-0.1, -0.05) is 13.8 Å². The highest BCUT2D eigenvalue weighted by Gasteiger charge is 2.31. The molecule has 1 aliphatic heterocycles. The van der Waals surface area contributed by atoms with Crippen molar-refractivity contribution in [3.63, 3.8) is 0 Å². The van der Waals surface area contributed by atoms with Crippen LogP contribution in [-0.4, -0.2) is 12.1 Å². The molecule has 1 saturated heterocycles. The second-order valence-corrected chi connectivity index (χ2v) is 2.81. The monoisotopic (exact) mass is 142 g/mol. The Morgan fingerprint density at radius 1 is 1.50 bits per heavy atom. The van der Waals surface area contributed by atoms with Gasteiger partial charge in [0, 0.05) is 5.92 Å². The van der Waals surface area contributed by atoms with Gasteiger partial charge in [0.1, 0.15) is 6.10 Å². The van der Waals surface area contributed by atoms with Gasteiger partial charge in [-0.15, -0.1) is 0 Å². The molecule has 1 aliphatic rings. The van der Waals surface area contributed by atoms with Crippen LogP contribution in [0.2, 0.25) is 0 Å². The Morgan fingerprint density at radius 3 is 2.60 bits per heavy atom. The summed E-state index contributed by atoms with van der Waals surface area (Å²) in [6.45, 7) is 4.17. The summed E-state index contributed by atoms with van der Waals surface area (Å²) in [6, 6.07) is 0. The third-order valence-electron chi connectivity index (χ3n) is 2.16. The predicted molar refractivity (Wildman–Crippen MR) is 38.6 cm³/mol. The van der Waals surface area contributed by atoms with E-state index in [0.717, 1.165) is 12.8 Å². The summed E-state index contributed by atoms with van der Waals surface area (Å²) >= 11 is 0. The van der Waals surface area contributed by atoms with Crippen LogP contribution in [0.25, 0.3) is 0 Å². The second-order valence-electron chi connectivity index (χ2n) is 2.81. The van der Waals surface area contributed by atoms with Crippen LogP contribution in [0.4, 0.5) is 0 Å². The first kappa shape index (κ1) is 7.58. The number of hydrogen-bond donors (Lipinski definition) is 0. The summed E-state index contributed by atoms with van der Waals surface area (Å²) < 4.78 is 5.08. The fourth-order valence-corrected chi connectivity index (χ4v) is 1.48. The van der Waals surface area contributed by atoms with E-state index in [1.807, 2.05) is 0 Å². The van der Waals surface area contributed by atoms with E-state index in [1.165, 1.54) is 0 Å². The quantitative estimate of drug-likeness (QED) is 0.549. The Bertz CT molecular complexity index is 117. The molecule has 0 aliphatic carbocycles. The normalized spacial score (nSPS) is 32.4. The van der Waals surface area contributed by atoms with E-state index in [9.17, 15) is 4.79 Å². The molecule has 0 N–H and O–H groups in total. The van der Waals surface area contributed by atoms with Gasteiger partial charge in [0.05, 0.1) is 6.42 Å². The third kappa shape index (κ3) is 1.31. The van der Waals surface area contributed by atoms with Crippen molar-refractivity contribution in [3.8, 4) is 0 Å². The molecule has 2 heteroatoms. The predicted octanol–water partition coefficient (Wildman–Crippen LogP) is 1.74. The van der Waals surface area contributed by atoms with Crippen LogP contribution >= 0.6 is 0 Å². The van der Waals surface area contributed by atoms with Gasteiger partial charge < -0.3 is 4.74 Å². The van der Waals surface area contributed by atoms with E-state index in [4.69, 9.17) is 4.74 Å². The van der Waals surface area contributed by atoms with E-state index in [0.29, 0.717) is 12.3 Å². The lowest BCUT2D eigenvalue weighted by Crippen LogP contribution is -2.13. The summed E-state index contributed by atoms with van der Waals surface area (Å²) in [5.41, 5.74) is 0. The number of hydrogen-bond acceptors (Lipinski definition) is 2. The number of carbonyl (C=O) groups excluding carboxylic acids is 1. The van der Waals surface area contributed by atoms with Crippen molar-refractivity contribution in [3.05, 3.63) is 0 Å². The molecule has 0 aromatic rings. The maximum atomic E-state index is 10.8. The minimum Gasteiger partial charge on any atom is -0.462 e. The third-order valence-corrected chi connectivity index (χ3v) is 2.16. The first-order valence-electron chi connectivity index (χ1n) is 3.97. The van der Waals surface area contributed by atoms with E-state index >= 15 is 0 Å². The molecule has 0 unspecified atom stereocenters. The molecule has 0 aromatic carbocycles. The highest BCUT2D eigenvalue weighted by molar-refractivity contribution is 5.72. The van der Waals surface area contributed by atoms with Crippen molar-refractivity contribution < 1.29 is 9.53 Å². The standard InChI is InChI=1S/C8H14O2/c1-3-6-5-8(9)10-7(6)4-2/h6-7H,3-5H2,1-2H3/t6-,7-/m1/s1. The van der Waals surface area contributed by atoms with E-state index in [-0.39, 0.29) is 12.1 Å². The van der Waals surface area contributed by atoms with Gasteiger partial charge in [0.15, 0.2) is 0 Å². The van der Waals surface area contributed by atoms with Gasteiger partial charge in [-0.2, -0.15) is 0 Å². The number of ether oxygens (including phenoxy) is 1. The average molecular weight is 142 g/mol. The summed E-state index contributed by atoms with van der Waals surface area (Å²) in [6.07, 6.45) is 2.86. The van der Waals surface area contributed by atoms with E-state index in [2.05, 4.69) is 13.8 Å².